The van der Waals surface area contributed by atoms with Gasteiger partial charge in [0.05, 0.1) is 0 Å². The van der Waals surface area contributed by atoms with Gasteiger partial charge in [0.2, 0.25) is 0 Å². The molecule has 96 valence electrons. The molecule has 0 heterocycles. The minimum Gasteiger partial charge on any atom is -0.381 e. The molecule has 0 amide bonds. The molecule has 0 aliphatic rings. The predicted molar refractivity (Wildman–Crippen MR) is 71.7 cm³/mol. The van der Waals surface area contributed by atoms with Crippen molar-refractivity contribution >= 4 is 0 Å². The Labute approximate surface area is 104 Å². The number of nitrogens with two attached hydrogens (primary N) is 1. The van der Waals surface area contributed by atoms with Gasteiger partial charge in [0.1, 0.15) is 0 Å². The van der Waals surface area contributed by atoms with Crippen LogP contribution in [-0.2, 0) is 11.2 Å². The molecule has 0 spiro atoms. The summed E-state index contributed by atoms with van der Waals surface area (Å²) in [5.41, 5.74) is 5.55. The van der Waals surface area contributed by atoms with E-state index in [-0.39, 0.29) is 6.04 Å². The van der Waals surface area contributed by atoms with Crippen LogP contribution in [0, 0.1) is 6.92 Å². The lowest BCUT2D eigenvalue weighted by Gasteiger charge is -2.17. The zero-order valence-corrected chi connectivity index (χ0v) is 10.9. The highest BCUT2D eigenvalue weighted by Gasteiger charge is 2.08. The predicted octanol–water partition coefficient (Wildman–Crippen LogP) is 2.19. The van der Waals surface area contributed by atoms with Crippen LogP contribution in [0.25, 0.3) is 0 Å². The first-order chi connectivity index (χ1) is 8.27. The smallest absolute Gasteiger partial charge is 0.0481 e. The van der Waals surface area contributed by atoms with E-state index >= 15 is 0 Å². The molecule has 0 aromatic heterocycles. The van der Waals surface area contributed by atoms with E-state index in [1.54, 1.807) is 0 Å². The van der Waals surface area contributed by atoms with Crippen LogP contribution >= 0.6 is 0 Å². The summed E-state index contributed by atoms with van der Waals surface area (Å²) < 4.78 is 5.49. The van der Waals surface area contributed by atoms with Crippen LogP contribution in [0.3, 0.4) is 0 Å². The van der Waals surface area contributed by atoms with E-state index in [4.69, 9.17) is 10.6 Å². The number of hydrogen-bond acceptors (Lipinski definition) is 3. The molecular weight excluding hydrogens is 212 g/mol. The summed E-state index contributed by atoms with van der Waals surface area (Å²) in [4.78, 5) is 0. The number of aryl methyl sites for hydroxylation is 1. The van der Waals surface area contributed by atoms with Gasteiger partial charge in [-0.2, -0.15) is 0 Å². The highest BCUT2D eigenvalue weighted by atomic mass is 16.5. The largest absolute Gasteiger partial charge is 0.381 e. The Kier molecular flexibility index (Phi) is 6.86. The Morgan fingerprint density at radius 1 is 1.29 bits per heavy atom. The fourth-order valence-electron chi connectivity index (χ4n) is 1.82. The topological polar surface area (TPSA) is 47.3 Å². The number of hydrogen-bond donors (Lipinski definition) is 2. The minimum atomic E-state index is 0.285. The molecule has 1 atom stereocenters. The van der Waals surface area contributed by atoms with Gasteiger partial charge in [-0.05, 0) is 37.3 Å². The number of rotatable bonds is 8. The van der Waals surface area contributed by atoms with Crippen molar-refractivity contribution in [1.82, 2.24) is 5.43 Å². The van der Waals surface area contributed by atoms with Crippen LogP contribution in [0.4, 0.5) is 0 Å². The highest BCUT2D eigenvalue weighted by Crippen LogP contribution is 2.11. The molecule has 0 saturated heterocycles. The Morgan fingerprint density at radius 2 is 2.06 bits per heavy atom. The molecule has 0 saturated carbocycles. The van der Waals surface area contributed by atoms with Gasteiger partial charge in [-0.25, -0.2) is 0 Å². The molecule has 3 nitrogen and oxygen atoms in total. The molecule has 0 aliphatic heterocycles. The fraction of sp³-hybridized carbons (Fsp3) is 0.571. The van der Waals surface area contributed by atoms with Crippen molar-refractivity contribution < 1.29 is 4.74 Å². The lowest BCUT2D eigenvalue weighted by Crippen LogP contribution is -2.37. The fourth-order valence-corrected chi connectivity index (χ4v) is 1.82. The van der Waals surface area contributed by atoms with Crippen molar-refractivity contribution in [2.75, 3.05) is 13.2 Å². The second-order valence-corrected chi connectivity index (χ2v) is 4.40. The zero-order chi connectivity index (χ0) is 12.5. The first-order valence-electron chi connectivity index (χ1n) is 6.36. The van der Waals surface area contributed by atoms with Crippen LogP contribution in [0.1, 0.15) is 30.9 Å². The average Bonchev–Trinajstić information content (AvgIpc) is 2.35. The van der Waals surface area contributed by atoms with Crippen molar-refractivity contribution in [3.05, 3.63) is 35.4 Å². The van der Waals surface area contributed by atoms with Crippen LogP contribution in [0.15, 0.2) is 24.3 Å². The molecule has 3 heteroatoms. The maximum absolute atomic E-state index is 5.58. The summed E-state index contributed by atoms with van der Waals surface area (Å²) in [7, 11) is 0. The molecule has 1 rings (SSSR count). The normalized spacial score (nSPS) is 12.6. The maximum Gasteiger partial charge on any atom is 0.0481 e. The van der Waals surface area contributed by atoms with E-state index in [1.165, 1.54) is 11.1 Å². The number of hydrazine groups is 1. The van der Waals surface area contributed by atoms with Crippen LogP contribution in [-0.4, -0.2) is 19.3 Å². The van der Waals surface area contributed by atoms with Crippen molar-refractivity contribution in [1.29, 1.82) is 0 Å². The van der Waals surface area contributed by atoms with E-state index in [0.29, 0.717) is 0 Å². The number of benzene rings is 1. The Balaban J connectivity index is 2.38. The van der Waals surface area contributed by atoms with Crippen LogP contribution < -0.4 is 11.3 Å². The van der Waals surface area contributed by atoms with Gasteiger partial charge in [0.25, 0.3) is 0 Å². The first kappa shape index (κ1) is 14.2. The van der Waals surface area contributed by atoms with Gasteiger partial charge in [-0.1, -0.05) is 31.2 Å². The molecule has 17 heavy (non-hydrogen) atoms. The van der Waals surface area contributed by atoms with Gasteiger partial charge >= 0.3 is 0 Å². The standard InChI is InChI=1S/C14H24N2O/c1-3-9-17-10-8-14(16-15)11-13-7-5-4-6-12(13)2/h4-7,14,16H,3,8-11,15H2,1-2H3. The molecule has 0 aliphatic carbocycles. The van der Waals surface area contributed by atoms with Crippen molar-refractivity contribution in [2.24, 2.45) is 5.84 Å². The number of ether oxygens (including phenoxy) is 1. The molecule has 1 aromatic rings. The lowest BCUT2D eigenvalue weighted by atomic mass is 10.00. The van der Waals surface area contributed by atoms with E-state index in [9.17, 15) is 0 Å². The third kappa shape index (κ3) is 5.31. The molecule has 1 aromatic carbocycles. The highest BCUT2D eigenvalue weighted by molar-refractivity contribution is 5.26. The Hall–Kier alpha value is -0.900. The second-order valence-electron chi connectivity index (χ2n) is 4.40. The maximum atomic E-state index is 5.58. The summed E-state index contributed by atoms with van der Waals surface area (Å²) >= 11 is 0. The SMILES string of the molecule is CCCOCCC(Cc1ccccc1C)NN. The van der Waals surface area contributed by atoms with Gasteiger partial charge in [0.15, 0.2) is 0 Å². The number of nitrogens with one attached hydrogen (secondary N) is 1. The van der Waals surface area contributed by atoms with E-state index in [1.807, 2.05) is 0 Å². The van der Waals surface area contributed by atoms with Gasteiger partial charge in [0, 0.05) is 19.3 Å². The molecule has 0 bridgehead atoms. The van der Waals surface area contributed by atoms with E-state index < -0.39 is 0 Å². The van der Waals surface area contributed by atoms with Gasteiger partial charge in [-0.15, -0.1) is 0 Å². The Morgan fingerprint density at radius 3 is 2.71 bits per heavy atom. The molecule has 1 unspecified atom stereocenters. The third-order valence-corrected chi connectivity index (χ3v) is 2.92. The summed E-state index contributed by atoms with van der Waals surface area (Å²) in [6, 6.07) is 8.72. The summed E-state index contributed by atoms with van der Waals surface area (Å²) in [6.45, 7) is 5.86. The Bertz CT molecular complexity index is 315. The molecular formula is C14H24N2O. The first-order valence-corrected chi connectivity index (χ1v) is 6.36. The van der Waals surface area contributed by atoms with Gasteiger partial charge < -0.3 is 4.74 Å². The van der Waals surface area contributed by atoms with Crippen LogP contribution in [0.2, 0.25) is 0 Å². The average molecular weight is 236 g/mol. The summed E-state index contributed by atoms with van der Waals surface area (Å²) in [5.74, 6) is 5.58. The second kappa shape index (κ2) is 8.23. The zero-order valence-electron chi connectivity index (χ0n) is 10.9. The molecule has 0 fully saturated rings. The molecule has 0 radical (unpaired) electrons. The van der Waals surface area contributed by atoms with Gasteiger partial charge in [-0.3, -0.25) is 11.3 Å². The lowest BCUT2D eigenvalue weighted by molar-refractivity contribution is 0.124. The van der Waals surface area contributed by atoms with Crippen LogP contribution in [0.5, 0.6) is 0 Å². The van der Waals surface area contributed by atoms with E-state index in [2.05, 4.69) is 43.5 Å². The van der Waals surface area contributed by atoms with E-state index in [0.717, 1.165) is 32.5 Å². The minimum absolute atomic E-state index is 0.285. The summed E-state index contributed by atoms with van der Waals surface area (Å²) in [6.07, 6.45) is 2.97. The van der Waals surface area contributed by atoms with Crippen molar-refractivity contribution in [3.8, 4) is 0 Å². The monoisotopic (exact) mass is 236 g/mol. The van der Waals surface area contributed by atoms with Crippen molar-refractivity contribution in [2.45, 2.75) is 39.2 Å². The third-order valence-electron chi connectivity index (χ3n) is 2.92. The van der Waals surface area contributed by atoms with Crippen molar-refractivity contribution in [3.63, 3.8) is 0 Å². The summed E-state index contributed by atoms with van der Waals surface area (Å²) in [5, 5.41) is 0. The quantitative estimate of drug-likeness (QED) is 0.413. The molecule has 3 N–H and O–H groups in total.